The second-order valence-electron chi connectivity index (χ2n) is 4.82. The van der Waals surface area contributed by atoms with E-state index in [1.807, 2.05) is 12.1 Å². The van der Waals surface area contributed by atoms with Gasteiger partial charge in [-0.05, 0) is 54.6 Å². The van der Waals surface area contributed by atoms with Gasteiger partial charge in [-0.3, -0.25) is 0 Å². The molecule has 5 heteroatoms. The van der Waals surface area contributed by atoms with Gasteiger partial charge in [0.05, 0.1) is 17.2 Å². The standard InChI is InChI=1S/C19H12N2O3/c20-13-14-4-6-15(7-5-14)19(22)24-17-10-8-16(9-11-17)23-18-3-1-2-12-21-18/h1-12H. The van der Waals surface area contributed by atoms with Gasteiger partial charge in [-0.2, -0.15) is 5.26 Å². The van der Waals surface area contributed by atoms with Gasteiger partial charge in [-0.25, -0.2) is 9.78 Å². The number of ether oxygens (including phenoxy) is 2. The lowest BCUT2D eigenvalue weighted by atomic mass is 10.1. The maximum absolute atomic E-state index is 12.0. The van der Waals surface area contributed by atoms with E-state index in [-0.39, 0.29) is 0 Å². The topological polar surface area (TPSA) is 72.2 Å². The van der Waals surface area contributed by atoms with E-state index in [1.54, 1.807) is 66.9 Å². The Morgan fingerprint density at radius 2 is 1.62 bits per heavy atom. The molecule has 0 N–H and O–H groups in total. The summed E-state index contributed by atoms with van der Waals surface area (Å²) in [7, 11) is 0. The van der Waals surface area contributed by atoms with E-state index < -0.39 is 5.97 Å². The average molecular weight is 316 g/mol. The molecule has 1 aromatic heterocycles. The SMILES string of the molecule is N#Cc1ccc(C(=O)Oc2ccc(Oc3ccccn3)cc2)cc1. The van der Waals surface area contributed by atoms with Crippen molar-refractivity contribution in [3.8, 4) is 23.4 Å². The van der Waals surface area contributed by atoms with Gasteiger partial charge in [-0.1, -0.05) is 6.07 Å². The lowest BCUT2D eigenvalue weighted by molar-refractivity contribution is 0.0734. The van der Waals surface area contributed by atoms with Crippen molar-refractivity contribution in [2.75, 3.05) is 0 Å². The number of esters is 1. The third-order valence-corrected chi connectivity index (χ3v) is 3.14. The Bertz CT molecular complexity index is 867. The third kappa shape index (κ3) is 3.76. The highest BCUT2D eigenvalue weighted by Crippen LogP contribution is 2.22. The van der Waals surface area contributed by atoms with Crippen LogP contribution in [0.5, 0.6) is 17.4 Å². The van der Waals surface area contributed by atoms with Crippen molar-refractivity contribution >= 4 is 5.97 Å². The first kappa shape index (κ1) is 15.3. The fourth-order valence-corrected chi connectivity index (χ4v) is 1.95. The van der Waals surface area contributed by atoms with Crippen LogP contribution in [-0.2, 0) is 0 Å². The zero-order valence-corrected chi connectivity index (χ0v) is 12.5. The Labute approximate surface area is 138 Å². The predicted octanol–water partition coefficient (Wildman–Crippen LogP) is 3.96. The first-order valence-corrected chi connectivity index (χ1v) is 7.16. The number of carbonyl (C=O) groups is 1. The van der Waals surface area contributed by atoms with E-state index in [1.165, 1.54) is 0 Å². The highest BCUT2D eigenvalue weighted by molar-refractivity contribution is 5.91. The van der Waals surface area contributed by atoms with E-state index in [0.717, 1.165) is 0 Å². The summed E-state index contributed by atoms with van der Waals surface area (Å²) >= 11 is 0. The van der Waals surface area contributed by atoms with Gasteiger partial charge in [-0.15, -0.1) is 0 Å². The maximum atomic E-state index is 12.0. The van der Waals surface area contributed by atoms with Crippen LogP contribution in [0.2, 0.25) is 0 Å². The first-order chi connectivity index (χ1) is 11.7. The van der Waals surface area contributed by atoms with Crippen molar-refractivity contribution in [2.45, 2.75) is 0 Å². The van der Waals surface area contributed by atoms with Crippen LogP contribution in [-0.4, -0.2) is 11.0 Å². The number of carbonyl (C=O) groups excluding carboxylic acids is 1. The summed E-state index contributed by atoms with van der Waals surface area (Å²) in [6, 6.07) is 20.3. The minimum atomic E-state index is -0.488. The summed E-state index contributed by atoms with van der Waals surface area (Å²) in [5, 5.41) is 8.75. The molecule has 3 rings (SSSR count). The van der Waals surface area contributed by atoms with Gasteiger partial charge in [0.25, 0.3) is 0 Å². The molecule has 0 saturated heterocycles. The third-order valence-electron chi connectivity index (χ3n) is 3.14. The van der Waals surface area contributed by atoms with Crippen molar-refractivity contribution < 1.29 is 14.3 Å². The summed E-state index contributed by atoms with van der Waals surface area (Å²) in [6.45, 7) is 0. The van der Waals surface area contributed by atoms with E-state index in [2.05, 4.69) is 4.98 Å². The van der Waals surface area contributed by atoms with Crippen LogP contribution in [0.4, 0.5) is 0 Å². The monoisotopic (exact) mass is 316 g/mol. The van der Waals surface area contributed by atoms with Crippen LogP contribution in [0.25, 0.3) is 0 Å². The Morgan fingerprint density at radius 3 is 2.25 bits per heavy atom. The number of benzene rings is 2. The molecule has 2 aromatic carbocycles. The highest BCUT2D eigenvalue weighted by Gasteiger charge is 2.09. The van der Waals surface area contributed by atoms with E-state index in [4.69, 9.17) is 14.7 Å². The number of aromatic nitrogens is 1. The average Bonchev–Trinajstić information content (AvgIpc) is 2.64. The molecule has 0 aliphatic carbocycles. The van der Waals surface area contributed by atoms with E-state index >= 15 is 0 Å². The summed E-state index contributed by atoms with van der Waals surface area (Å²) in [4.78, 5) is 16.1. The molecule has 0 radical (unpaired) electrons. The Balaban J connectivity index is 1.65. The van der Waals surface area contributed by atoms with Crippen LogP contribution >= 0.6 is 0 Å². The van der Waals surface area contributed by atoms with Crippen molar-refractivity contribution in [3.05, 3.63) is 84.1 Å². The molecule has 0 aliphatic heterocycles. The molecule has 24 heavy (non-hydrogen) atoms. The molecule has 116 valence electrons. The summed E-state index contributed by atoms with van der Waals surface area (Å²) in [5.41, 5.74) is 0.866. The molecular weight excluding hydrogens is 304 g/mol. The number of nitrogens with zero attached hydrogens (tertiary/aromatic N) is 2. The van der Waals surface area contributed by atoms with Crippen LogP contribution in [0, 0.1) is 11.3 Å². The molecule has 0 atom stereocenters. The quantitative estimate of drug-likeness (QED) is 0.538. The predicted molar refractivity (Wildman–Crippen MR) is 86.9 cm³/mol. The number of pyridine rings is 1. The molecule has 0 saturated carbocycles. The number of rotatable bonds is 4. The molecule has 3 aromatic rings. The van der Waals surface area contributed by atoms with Gasteiger partial charge in [0.2, 0.25) is 5.88 Å². The van der Waals surface area contributed by atoms with Gasteiger partial charge < -0.3 is 9.47 Å². The zero-order valence-electron chi connectivity index (χ0n) is 12.5. The normalized spacial score (nSPS) is 9.79. The first-order valence-electron chi connectivity index (χ1n) is 7.16. The van der Waals surface area contributed by atoms with Crippen LogP contribution in [0.3, 0.4) is 0 Å². The van der Waals surface area contributed by atoms with E-state index in [0.29, 0.717) is 28.5 Å². The highest BCUT2D eigenvalue weighted by atomic mass is 16.5. The van der Waals surface area contributed by atoms with E-state index in [9.17, 15) is 4.79 Å². The molecule has 5 nitrogen and oxygen atoms in total. The molecule has 0 fully saturated rings. The summed E-state index contributed by atoms with van der Waals surface area (Å²) < 4.78 is 10.9. The molecule has 0 unspecified atom stereocenters. The van der Waals surface area contributed by atoms with Gasteiger partial charge in [0.1, 0.15) is 11.5 Å². The molecule has 0 spiro atoms. The molecule has 1 heterocycles. The van der Waals surface area contributed by atoms with Crippen molar-refractivity contribution in [3.63, 3.8) is 0 Å². The lowest BCUT2D eigenvalue weighted by Crippen LogP contribution is -2.08. The fourth-order valence-electron chi connectivity index (χ4n) is 1.95. The zero-order chi connectivity index (χ0) is 16.8. The molecular formula is C19H12N2O3. The largest absolute Gasteiger partial charge is 0.439 e. The van der Waals surface area contributed by atoms with Gasteiger partial charge in [0.15, 0.2) is 0 Å². The van der Waals surface area contributed by atoms with Gasteiger partial charge >= 0.3 is 5.97 Å². The molecule has 0 aliphatic rings. The number of nitriles is 1. The van der Waals surface area contributed by atoms with Crippen LogP contribution < -0.4 is 9.47 Å². The fraction of sp³-hybridized carbons (Fsp3) is 0. The molecule has 0 amide bonds. The van der Waals surface area contributed by atoms with Crippen LogP contribution in [0.15, 0.2) is 72.9 Å². The van der Waals surface area contributed by atoms with Crippen molar-refractivity contribution in [2.24, 2.45) is 0 Å². The minimum Gasteiger partial charge on any atom is -0.439 e. The Morgan fingerprint density at radius 1 is 0.917 bits per heavy atom. The lowest BCUT2D eigenvalue weighted by Gasteiger charge is -2.07. The van der Waals surface area contributed by atoms with Crippen LogP contribution in [0.1, 0.15) is 15.9 Å². The minimum absolute atomic E-state index is 0.378. The van der Waals surface area contributed by atoms with Crippen molar-refractivity contribution in [1.82, 2.24) is 4.98 Å². The second kappa shape index (κ2) is 7.07. The summed E-state index contributed by atoms with van der Waals surface area (Å²) in [6.07, 6.45) is 1.64. The smallest absolute Gasteiger partial charge is 0.343 e. The van der Waals surface area contributed by atoms with Crippen molar-refractivity contribution in [1.29, 1.82) is 5.26 Å². The maximum Gasteiger partial charge on any atom is 0.343 e. The molecule has 0 bridgehead atoms. The summed E-state index contributed by atoms with van der Waals surface area (Å²) in [5.74, 6) is 0.988. The van der Waals surface area contributed by atoms with Gasteiger partial charge in [0, 0.05) is 12.3 Å². The second-order valence-corrected chi connectivity index (χ2v) is 4.82. The Kier molecular flexibility index (Phi) is 4.50. The number of hydrogen-bond donors (Lipinski definition) is 0. The Hall–Kier alpha value is -3.65. The number of hydrogen-bond acceptors (Lipinski definition) is 5.